The molecular weight excluding hydrogens is 808 g/mol. The van der Waals surface area contributed by atoms with E-state index in [1.165, 1.54) is 83.5 Å². The molecule has 0 bridgehead atoms. The Morgan fingerprint density at radius 1 is 0.476 bits per heavy atom. The highest BCUT2D eigenvalue weighted by Gasteiger charge is 2.49. The molecule has 8 nitrogen and oxygen atoms in total. The zero-order valence-corrected chi connectivity index (χ0v) is 38.9. The lowest BCUT2D eigenvalue weighted by Crippen LogP contribution is -2.40. The summed E-state index contributed by atoms with van der Waals surface area (Å²) in [7, 11) is -3.76. The van der Waals surface area contributed by atoms with Crippen LogP contribution in [0.3, 0.4) is 0 Å². The van der Waals surface area contributed by atoms with Crippen molar-refractivity contribution in [2.24, 2.45) is 0 Å². The number of rotatable bonds is 35. The fourth-order valence-electron chi connectivity index (χ4n) is 7.84. The molecule has 1 unspecified atom stereocenters. The SMILES string of the molecule is CCCCCCCCCCCCCCCCOC/C=C/COP(=O)(C[C@@H]1O[C@H](COCc2ccccc2)[C@@H](OCc2ccccc2)[C@@H]1OCc1ccccc1)OCc1ccccc1. The van der Waals surface area contributed by atoms with Crippen molar-refractivity contribution in [3.63, 3.8) is 0 Å². The molecule has 0 amide bonds. The van der Waals surface area contributed by atoms with Crippen LogP contribution in [0.15, 0.2) is 133 Å². The fourth-order valence-corrected chi connectivity index (χ4v) is 9.52. The van der Waals surface area contributed by atoms with Gasteiger partial charge in [0.05, 0.1) is 58.5 Å². The standard InChI is InChI=1S/C54H75O8P/c1-2-3-4-5-6-7-8-9-10-11-12-13-14-27-38-56-39-28-29-40-60-63(55,61-44-50-36-25-18-26-37-50)46-52-54(59-43-49-34-23-17-24-35-49)53(58-42-48-32-21-16-22-33-48)51(62-52)45-57-41-47-30-19-15-20-31-47/h15-26,28-37,51-54H,2-14,27,38-46H2,1H3/b29-28+/t51-,52+,53-,54-,63?/m1/s1. The number of ether oxygens (including phenoxy) is 5. The summed E-state index contributed by atoms with van der Waals surface area (Å²) in [5.74, 6) is 0. The molecule has 0 N–H and O–H groups in total. The van der Waals surface area contributed by atoms with Gasteiger partial charge in [0.25, 0.3) is 0 Å². The summed E-state index contributed by atoms with van der Waals surface area (Å²) in [6, 6.07) is 39.8. The Bertz CT molecular complexity index is 1780. The van der Waals surface area contributed by atoms with Gasteiger partial charge in [-0.15, -0.1) is 0 Å². The van der Waals surface area contributed by atoms with Crippen LogP contribution in [0.1, 0.15) is 119 Å². The summed E-state index contributed by atoms with van der Waals surface area (Å²) in [4.78, 5) is 0. The molecule has 4 aromatic carbocycles. The first kappa shape index (κ1) is 50.6. The van der Waals surface area contributed by atoms with Crippen LogP contribution in [0.5, 0.6) is 0 Å². The van der Waals surface area contributed by atoms with Gasteiger partial charge in [-0.25, -0.2) is 0 Å². The van der Waals surface area contributed by atoms with E-state index in [0.29, 0.717) is 26.4 Å². The van der Waals surface area contributed by atoms with Crippen LogP contribution in [0, 0.1) is 0 Å². The molecule has 1 saturated heterocycles. The molecule has 0 aromatic heterocycles. The Kier molecular flexibility index (Phi) is 25.2. The van der Waals surface area contributed by atoms with E-state index in [-0.39, 0.29) is 26.0 Å². The Balaban J connectivity index is 1.14. The van der Waals surface area contributed by atoms with Crippen LogP contribution >= 0.6 is 7.60 Å². The molecule has 1 aliphatic heterocycles. The number of hydrogen-bond donors (Lipinski definition) is 0. The normalized spacial score (nSPS) is 18.6. The molecule has 4 aromatic rings. The van der Waals surface area contributed by atoms with Gasteiger partial charge in [-0.3, -0.25) is 4.57 Å². The van der Waals surface area contributed by atoms with Gasteiger partial charge in [0.15, 0.2) is 0 Å². The second-order valence-electron chi connectivity index (χ2n) is 16.7. The quantitative estimate of drug-likeness (QED) is 0.0257. The minimum Gasteiger partial charge on any atom is -0.377 e. The first-order chi connectivity index (χ1) is 31.1. The summed E-state index contributed by atoms with van der Waals surface area (Å²) in [6.45, 7) is 5.08. The smallest absolute Gasteiger partial charge is 0.334 e. The molecule has 63 heavy (non-hydrogen) atoms. The van der Waals surface area contributed by atoms with Crippen molar-refractivity contribution in [1.82, 2.24) is 0 Å². The molecule has 0 aliphatic carbocycles. The second kappa shape index (κ2) is 31.4. The van der Waals surface area contributed by atoms with Crippen LogP contribution in [-0.4, -0.2) is 57.0 Å². The van der Waals surface area contributed by atoms with Crippen molar-refractivity contribution in [2.75, 3.05) is 32.6 Å². The van der Waals surface area contributed by atoms with Gasteiger partial charge in [-0.1, -0.05) is 224 Å². The molecule has 0 saturated carbocycles. The van der Waals surface area contributed by atoms with Crippen LogP contribution in [0.25, 0.3) is 0 Å². The Morgan fingerprint density at radius 3 is 1.41 bits per heavy atom. The first-order valence-corrected chi connectivity index (χ1v) is 25.6. The van der Waals surface area contributed by atoms with E-state index in [9.17, 15) is 4.57 Å². The molecule has 5 atom stereocenters. The molecule has 0 radical (unpaired) electrons. The molecular formula is C54H75O8P. The molecule has 1 heterocycles. The highest BCUT2D eigenvalue weighted by Crippen LogP contribution is 2.52. The molecule has 9 heteroatoms. The minimum atomic E-state index is -3.76. The predicted octanol–water partition coefficient (Wildman–Crippen LogP) is 13.6. The van der Waals surface area contributed by atoms with Gasteiger partial charge in [-0.05, 0) is 28.7 Å². The molecule has 1 aliphatic rings. The van der Waals surface area contributed by atoms with Gasteiger partial charge < -0.3 is 32.7 Å². The molecule has 0 spiro atoms. The lowest BCUT2D eigenvalue weighted by atomic mass is 10.0. The maximum Gasteiger partial charge on any atom is 0.334 e. The third-order valence-electron chi connectivity index (χ3n) is 11.4. The zero-order chi connectivity index (χ0) is 43.9. The van der Waals surface area contributed by atoms with E-state index < -0.39 is 32.0 Å². The van der Waals surface area contributed by atoms with Gasteiger partial charge >= 0.3 is 7.60 Å². The summed E-state index contributed by atoms with van der Waals surface area (Å²) in [5.41, 5.74) is 4.00. The van der Waals surface area contributed by atoms with Gasteiger partial charge in [-0.2, -0.15) is 0 Å². The van der Waals surface area contributed by atoms with E-state index >= 15 is 0 Å². The number of unbranched alkanes of at least 4 members (excludes halogenated alkanes) is 13. The Hall–Kier alpha value is -3.43. The van der Waals surface area contributed by atoms with Crippen molar-refractivity contribution >= 4 is 7.60 Å². The van der Waals surface area contributed by atoms with E-state index in [4.69, 9.17) is 32.7 Å². The zero-order valence-electron chi connectivity index (χ0n) is 38.0. The van der Waals surface area contributed by atoms with E-state index in [1.54, 1.807) is 0 Å². The summed E-state index contributed by atoms with van der Waals surface area (Å²) >= 11 is 0. The van der Waals surface area contributed by atoms with Gasteiger partial charge in [0.2, 0.25) is 0 Å². The number of benzene rings is 4. The molecule has 344 valence electrons. The van der Waals surface area contributed by atoms with Crippen LogP contribution in [0.4, 0.5) is 0 Å². The fraction of sp³-hybridized carbons (Fsp3) is 0.519. The third kappa shape index (κ3) is 21.0. The van der Waals surface area contributed by atoms with Crippen LogP contribution in [0.2, 0.25) is 0 Å². The van der Waals surface area contributed by atoms with Crippen LogP contribution in [-0.2, 0) is 63.7 Å². The largest absolute Gasteiger partial charge is 0.377 e. The first-order valence-electron chi connectivity index (χ1n) is 23.8. The summed E-state index contributed by atoms with van der Waals surface area (Å²) in [5, 5.41) is 0. The van der Waals surface area contributed by atoms with E-state index in [1.807, 2.05) is 133 Å². The lowest BCUT2D eigenvalue weighted by molar-refractivity contribution is -0.0897. The monoisotopic (exact) mass is 883 g/mol. The van der Waals surface area contributed by atoms with E-state index in [0.717, 1.165) is 35.3 Å². The average molecular weight is 883 g/mol. The predicted molar refractivity (Wildman–Crippen MR) is 255 cm³/mol. The maximum absolute atomic E-state index is 14.8. The van der Waals surface area contributed by atoms with Crippen molar-refractivity contribution in [2.45, 2.75) is 148 Å². The van der Waals surface area contributed by atoms with Gasteiger partial charge in [0.1, 0.15) is 18.3 Å². The average Bonchev–Trinajstić information content (AvgIpc) is 3.64. The van der Waals surface area contributed by atoms with Crippen molar-refractivity contribution in [3.8, 4) is 0 Å². The van der Waals surface area contributed by atoms with Crippen LogP contribution < -0.4 is 0 Å². The Labute approximate surface area is 379 Å². The molecule has 1 fully saturated rings. The lowest BCUT2D eigenvalue weighted by Gasteiger charge is -2.27. The maximum atomic E-state index is 14.8. The number of hydrogen-bond acceptors (Lipinski definition) is 8. The van der Waals surface area contributed by atoms with Crippen molar-refractivity contribution in [1.29, 1.82) is 0 Å². The summed E-state index contributed by atoms with van der Waals surface area (Å²) < 4.78 is 59.5. The second-order valence-corrected chi connectivity index (χ2v) is 18.8. The topological polar surface area (TPSA) is 81.7 Å². The molecule has 5 rings (SSSR count). The Morgan fingerprint density at radius 2 is 0.905 bits per heavy atom. The van der Waals surface area contributed by atoms with E-state index in [2.05, 4.69) is 6.92 Å². The summed E-state index contributed by atoms with van der Waals surface area (Å²) in [6.07, 6.45) is 20.2. The van der Waals surface area contributed by atoms with Crippen molar-refractivity contribution in [3.05, 3.63) is 156 Å². The van der Waals surface area contributed by atoms with Crippen molar-refractivity contribution < 1.29 is 37.3 Å². The van der Waals surface area contributed by atoms with Gasteiger partial charge in [0, 0.05) is 6.61 Å². The third-order valence-corrected chi connectivity index (χ3v) is 13.3. The minimum absolute atomic E-state index is 0.0247. The highest BCUT2D eigenvalue weighted by atomic mass is 31.2. The highest BCUT2D eigenvalue weighted by molar-refractivity contribution is 7.53.